The molecule has 3 rings (SSSR count). The van der Waals surface area contributed by atoms with Crippen molar-refractivity contribution >= 4 is 16.9 Å². The topological polar surface area (TPSA) is 65.1 Å². The van der Waals surface area contributed by atoms with Gasteiger partial charge in [-0.2, -0.15) is 0 Å². The number of ether oxygens (including phenoxy) is 2. The molecule has 2 heterocycles. The molecule has 1 aliphatic heterocycles. The Balaban J connectivity index is 1.60. The van der Waals surface area contributed by atoms with Gasteiger partial charge in [-0.25, -0.2) is 0 Å². The Hall–Kier alpha value is -2.05. The number of carbonyl (C=O) groups excluding carboxylic acids is 1. The van der Waals surface area contributed by atoms with Crippen LogP contribution in [0.1, 0.15) is 10.6 Å². The average molecular weight is 305 g/mol. The van der Waals surface area contributed by atoms with Crippen LogP contribution in [-0.4, -0.2) is 52.4 Å². The second kappa shape index (κ2) is 6.81. The highest BCUT2D eigenvalue weighted by molar-refractivity contribution is 5.97. The third-order valence-electron chi connectivity index (χ3n) is 3.92. The molecule has 1 fully saturated rings. The zero-order chi connectivity index (χ0) is 15.4. The first-order valence-electron chi connectivity index (χ1n) is 7.54. The number of quaternary nitrogens is 1. The van der Waals surface area contributed by atoms with E-state index in [0.717, 1.165) is 38.2 Å². The number of amides is 1. The maximum atomic E-state index is 12.2. The largest absolute Gasteiger partial charge is 0.493 e. The van der Waals surface area contributed by atoms with Gasteiger partial charge in [0, 0.05) is 5.39 Å². The van der Waals surface area contributed by atoms with Crippen molar-refractivity contribution in [3.05, 3.63) is 30.0 Å². The Morgan fingerprint density at radius 1 is 1.36 bits per heavy atom. The zero-order valence-corrected chi connectivity index (χ0v) is 12.7. The van der Waals surface area contributed by atoms with Crippen molar-refractivity contribution < 1.29 is 23.6 Å². The molecule has 0 aliphatic carbocycles. The van der Waals surface area contributed by atoms with Crippen LogP contribution >= 0.6 is 0 Å². The van der Waals surface area contributed by atoms with E-state index in [9.17, 15) is 4.79 Å². The van der Waals surface area contributed by atoms with Gasteiger partial charge in [0.05, 0.1) is 33.4 Å². The molecule has 22 heavy (non-hydrogen) atoms. The number of nitrogens with one attached hydrogen (secondary N) is 2. The lowest BCUT2D eigenvalue weighted by Gasteiger charge is -2.23. The quantitative estimate of drug-likeness (QED) is 0.821. The Morgan fingerprint density at radius 3 is 2.95 bits per heavy atom. The number of methoxy groups -OCH3 is 1. The summed E-state index contributed by atoms with van der Waals surface area (Å²) in [6.45, 7) is 5.12. The molecular weight excluding hydrogens is 284 g/mol. The molecule has 1 aromatic heterocycles. The minimum Gasteiger partial charge on any atom is -0.493 e. The highest BCUT2D eigenvalue weighted by Gasteiger charge is 2.16. The van der Waals surface area contributed by atoms with Gasteiger partial charge >= 0.3 is 0 Å². The predicted octanol–water partition coefficient (Wildman–Crippen LogP) is 0.0863. The van der Waals surface area contributed by atoms with Gasteiger partial charge in [0.15, 0.2) is 17.1 Å². The lowest BCUT2D eigenvalue weighted by Crippen LogP contribution is -3.14. The fraction of sp³-hybridized carbons (Fsp3) is 0.438. The highest BCUT2D eigenvalue weighted by atomic mass is 16.5. The van der Waals surface area contributed by atoms with Crippen molar-refractivity contribution in [1.29, 1.82) is 0 Å². The summed E-state index contributed by atoms with van der Waals surface area (Å²) < 4.78 is 16.2. The molecule has 1 amide bonds. The van der Waals surface area contributed by atoms with Gasteiger partial charge in [0.1, 0.15) is 13.1 Å². The Bertz CT molecular complexity index is 647. The van der Waals surface area contributed by atoms with Crippen LogP contribution in [0.15, 0.2) is 28.7 Å². The lowest BCUT2D eigenvalue weighted by atomic mass is 10.2. The molecule has 6 nitrogen and oxygen atoms in total. The van der Waals surface area contributed by atoms with E-state index in [0.29, 0.717) is 23.6 Å². The van der Waals surface area contributed by atoms with Crippen molar-refractivity contribution in [3.8, 4) is 5.75 Å². The number of furan rings is 1. The van der Waals surface area contributed by atoms with Crippen molar-refractivity contribution in [3.63, 3.8) is 0 Å². The first-order chi connectivity index (χ1) is 10.8. The fourth-order valence-electron chi connectivity index (χ4n) is 2.66. The number of hydrogen-bond acceptors (Lipinski definition) is 4. The maximum Gasteiger partial charge on any atom is 0.287 e. The second-order valence-corrected chi connectivity index (χ2v) is 5.36. The van der Waals surface area contributed by atoms with Crippen LogP contribution < -0.4 is 15.0 Å². The van der Waals surface area contributed by atoms with Crippen molar-refractivity contribution in [2.45, 2.75) is 0 Å². The van der Waals surface area contributed by atoms with Crippen LogP contribution in [-0.2, 0) is 4.74 Å². The summed E-state index contributed by atoms with van der Waals surface area (Å²) in [4.78, 5) is 13.6. The number of benzene rings is 1. The smallest absolute Gasteiger partial charge is 0.287 e. The average Bonchev–Trinajstić information content (AvgIpc) is 3.00. The Morgan fingerprint density at radius 2 is 2.18 bits per heavy atom. The monoisotopic (exact) mass is 305 g/mol. The van der Waals surface area contributed by atoms with E-state index < -0.39 is 0 Å². The van der Waals surface area contributed by atoms with E-state index in [1.54, 1.807) is 13.2 Å². The van der Waals surface area contributed by atoms with Gasteiger partial charge in [-0.1, -0.05) is 12.1 Å². The van der Waals surface area contributed by atoms with E-state index >= 15 is 0 Å². The minimum atomic E-state index is -0.189. The van der Waals surface area contributed by atoms with E-state index in [-0.39, 0.29) is 5.91 Å². The van der Waals surface area contributed by atoms with Crippen LogP contribution in [0.4, 0.5) is 0 Å². The van der Waals surface area contributed by atoms with Crippen molar-refractivity contribution in [2.75, 3.05) is 46.5 Å². The number of para-hydroxylation sites is 1. The Kier molecular flexibility index (Phi) is 4.60. The summed E-state index contributed by atoms with van der Waals surface area (Å²) in [5.74, 6) is 0.761. The fourth-order valence-corrected chi connectivity index (χ4v) is 2.66. The zero-order valence-electron chi connectivity index (χ0n) is 12.7. The summed E-state index contributed by atoms with van der Waals surface area (Å²) in [7, 11) is 1.59. The van der Waals surface area contributed by atoms with Crippen molar-refractivity contribution in [1.82, 2.24) is 5.32 Å². The summed E-state index contributed by atoms with van der Waals surface area (Å²) in [6.07, 6.45) is 0. The van der Waals surface area contributed by atoms with Gasteiger partial charge in [0.25, 0.3) is 5.91 Å². The Labute approximate surface area is 129 Å². The van der Waals surface area contributed by atoms with Gasteiger partial charge in [-0.15, -0.1) is 0 Å². The maximum absolute atomic E-state index is 12.2. The first kappa shape index (κ1) is 14.9. The molecule has 0 unspecified atom stereocenters. The summed E-state index contributed by atoms with van der Waals surface area (Å²) >= 11 is 0. The lowest BCUT2D eigenvalue weighted by molar-refractivity contribution is -0.906. The minimum absolute atomic E-state index is 0.189. The van der Waals surface area contributed by atoms with E-state index in [4.69, 9.17) is 13.9 Å². The number of rotatable bonds is 5. The molecule has 0 spiro atoms. The number of carbonyl (C=O) groups is 1. The molecule has 1 saturated heterocycles. The third-order valence-corrected chi connectivity index (χ3v) is 3.92. The van der Waals surface area contributed by atoms with Crippen LogP contribution in [0, 0.1) is 0 Å². The molecule has 1 aromatic carbocycles. The van der Waals surface area contributed by atoms with Crippen molar-refractivity contribution in [2.24, 2.45) is 0 Å². The van der Waals surface area contributed by atoms with Gasteiger partial charge in [-0.3, -0.25) is 4.79 Å². The van der Waals surface area contributed by atoms with E-state index in [1.807, 2.05) is 18.2 Å². The summed E-state index contributed by atoms with van der Waals surface area (Å²) in [5.41, 5.74) is 0.606. The molecule has 0 saturated carbocycles. The molecular formula is C16H21N2O4+. The second-order valence-electron chi connectivity index (χ2n) is 5.36. The van der Waals surface area contributed by atoms with E-state index in [1.165, 1.54) is 4.90 Å². The third kappa shape index (κ3) is 3.23. The molecule has 2 N–H and O–H groups in total. The van der Waals surface area contributed by atoms with Crippen LogP contribution in [0.5, 0.6) is 5.75 Å². The van der Waals surface area contributed by atoms with Gasteiger partial charge in [0.2, 0.25) is 0 Å². The van der Waals surface area contributed by atoms with Crippen LogP contribution in [0.3, 0.4) is 0 Å². The van der Waals surface area contributed by atoms with Gasteiger partial charge in [-0.05, 0) is 12.1 Å². The molecule has 2 aromatic rings. The molecule has 118 valence electrons. The first-order valence-corrected chi connectivity index (χ1v) is 7.54. The number of fused-ring (bicyclic) bond motifs is 1. The molecule has 0 atom stereocenters. The highest BCUT2D eigenvalue weighted by Crippen LogP contribution is 2.28. The molecule has 6 heteroatoms. The SMILES string of the molecule is COc1cccc2cc(C(=O)NCC[NH+]3CCOCC3)oc12. The predicted molar refractivity (Wildman–Crippen MR) is 81.5 cm³/mol. The summed E-state index contributed by atoms with van der Waals surface area (Å²) in [6, 6.07) is 7.33. The molecule has 0 radical (unpaired) electrons. The summed E-state index contributed by atoms with van der Waals surface area (Å²) in [5, 5.41) is 3.77. The molecule has 0 bridgehead atoms. The molecule has 1 aliphatic rings. The van der Waals surface area contributed by atoms with Gasteiger partial charge < -0.3 is 24.1 Å². The van der Waals surface area contributed by atoms with Crippen LogP contribution in [0.25, 0.3) is 11.0 Å². The van der Waals surface area contributed by atoms with E-state index in [2.05, 4.69) is 5.32 Å². The standard InChI is InChI=1S/C16H20N2O4/c1-20-13-4-2-3-12-11-14(22-15(12)13)16(19)17-5-6-18-7-9-21-10-8-18/h2-4,11H,5-10H2,1H3,(H,17,19)/p+1. The normalized spacial score (nSPS) is 15.9. The van der Waals surface area contributed by atoms with Crippen LogP contribution in [0.2, 0.25) is 0 Å². The number of hydrogen-bond donors (Lipinski definition) is 2. The number of morpholine rings is 1.